The lowest BCUT2D eigenvalue weighted by Gasteiger charge is -2.31. The van der Waals surface area contributed by atoms with Crippen LogP contribution in [-0.2, 0) is 0 Å². The molecule has 9 heteroatoms. The van der Waals surface area contributed by atoms with Gasteiger partial charge in [-0.25, -0.2) is 9.67 Å². The Bertz CT molecular complexity index is 1380. The van der Waals surface area contributed by atoms with Crippen LogP contribution in [0.15, 0.2) is 65.0 Å². The van der Waals surface area contributed by atoms with Crippen molar-refractivity contribution in [1.82, 2.24) is 19.6 Å². The highest BCUT2D eigenvalue weighted by Crippen LogP contribution is 2.47. The monoisotopic (exact) mass is 498 g/mol. The molecular formula is C28H30N6O3. The number of ether oxygens (including phenoxy) is 3. The van der Waals surface area contributed by atoms with Crippen LogP contribution in [0.3, 0.4) is 0 Å². The van der Waals surface area contributed by atoms with Gasteiger partial charge in [-0.1, -0.05) is 24.3 Å². The molecule has 3 heterocycles. The fourth-order valence-corrected chi connectivity index (χ4v) is 4.75. The Labute approximate surface area is 216 Å². The minimum absolute atomic E-state index is 0.269. The summed E-state index contributed by atoms with van der Waals surface area (Å²) in [6.45, 7) is 5.56. The van der Waals surface area contributed by atoms with Crippen molar-refractivity contribution in [3.63, 3.8) is 0 Å². The molecule has 9 nitrogen and oxygen atoms in total. The second kappa shape index (κ2) is 10.4. The minimum atomic E-state index is -0.439. The number of aryl methyl sites for hydroxylation is 1. The van der Waals surface area contributed by atoms with Gasteiger partial charge < -0.3 is 24.0 Å². The van der Waals surface area contributed by atoms with Crippen molar-refractivity contribution in [1.29, 1.82) is 5.26 Å². The van der Waals surface area contributed by atoms with Crippen molar-refractivity contribution in [3.8, 4) is 29.1 Å². The molecule has 2 aromatic carbocycles. The van der Waals surface area contributed by atoms with Crippen LogP contribution >= 0.6 is 0 Å². The van der Waals surface area contributed by atoms with Gasteiger partial charge in [-0.15, -0.1) is 0 Å². The highest BCUT2D eigenvalue weighted by Gasteiger charge is 2.37. The number of benzene rings is 2. The highest BCUT2D eigenvalue weighted by molar-refractivity contribution is 5.62. The zero-order chi connectivity index (χ0) is 25.9. The van der Waals surface area contributed by atoms with Gasteiger partial charge in [-0.3, -0.25) is 0 Å². The number of para-hydroxylation sites is 1. The molecule has 0 amide bonds. The van der Waals surface area contributed by atoms with Crippen LogP contribution in [0.2, 0.25) is 0 Å². The number of methoxy groups -OCH3 is 2. The topological polar surface area (TPSA) is 88.1 Å². The number of rotatable bonds is 6. The molecule has 1 saturated heterocycles. The Hall–Kier alpha value is -4.29. The van der Waals surface area contributed by atoms with E-state index in [1.807, 2.05) is 55.5 Å². The largest absolute Gasteiger partial charge is 0.493 e. The number of nitrogens with zero attached hydrogens (tertiary/aromatic N) is 6. The zero-order valence-corrected chi connectivity index (χ0v) is 21.5. The Morgan fingerprint density at radius 3 is 2.46 bits per heavy atom. The number of allylic oxidation sites excluding steroid dienone is 1. The standard InChI is InChI=1S/C28H30N6O3/c1-19-25-26(20-10-11-23(35-3)24(16-20)36-4)22(17-29)27(30-18-33-14-12-32(2)13-15-33)37-28(25)34(31-19)21-8-6-5-7-9-21/h5-11,16,18,26H,12-15H2,1-4H3/t26-/m1/s1. The molecule has 5 rings (SSSR count). The molecule has 2 aliphatic heterocycles. The molecule has 37 heavy (non-hydrogen) atoms. The van der Waals surface area contributed by atoms with Crippen LogP contribution < -0.4 is 14.2 Å². The van der Waals surface area contributed by atoms with E-state index in [0.717, 1.165) is 48.7 Å². The van der Waals surface area contributed by atoms with Crippen LogP contribution in [0.1, 0.15) is 22.7 Å². The summed E-state index contributed by atoms with van der Waals surface area (Å²) in [4.78, 5) is 9.12. The number of nitriles is 1. The van der Waals surface area contributed by atoms with Gasteiger partial charge in [0.2, 0.25) is 11.8 Å². The highest BCUT2D eigenvalue weighted by atomic mass is 16.5. The summed E-state index contributed by atoms with van der Waals surface area (Å²) in [6, 6.07) is 17.9. The van der Waals surface area contributed by atoms with Crippen LogP contribution in [0.4, 0.5) is 0 Å². The molecule has 1 fully saturated rings. The molecule has 2 aliphatic rings. The number of hydrogen-bond donors (Lipinski definition) is 0. The van der Waals surface area contributed by atoms with Crippen molar-refractivity contribution >= 4 is 6.34 Å². The SMILES string of the molecule is COc1ccc([C@@H]2C(C#N)=C(N=CN3CCN(C)CC3)Oc3c2c(C)nn3-c2ccccc2)cc1OC. The number of aromatic nitrogens is 2. The number of piperazine rings is 1. The lowest BCUT2D eigenvalue weighted by Crippen LogP contribution is -2.43. The second-order valence-corrected chi connectivity index (χ2v) is 9.12. The third kappa shape index (κ3) is 4.63. The molecule has 0 spiro atoms. The van der Waals surface area contributed by atoms with E-state index in [1.54, 1.807) is 25.2 Å². The van der Waals surface area contributed by atoms with Crippen LogP contribution in [0.25, 0.3) is 5.69 Å². The lowest BCUT2D eigenvalue weighted by molar-refractivity contribution is 0.219. The predicted molar refractivity (Wildman–Crippen MR) is 141 cm³/mol. The molecule has 0 aliphatic carbocycles. The molecule has 1 aromatic heterocycles. The molecule has 0 unspecified atom stereocenters. The molecule has 0 radical (unpaired) electrons. The average molecular weight is 499 g/mol. The smallest absolute Gasteiger partial charge is 0.237 e. The summed E-state index contributed by atoms with van der Waals surface area (Å²) < 4.78 is 19.2. The Morgan fingerprint density at radius 2 is 1.78 bits per heavy atom. The molecule has 0 bridgehead atoms. The molecule has 0 N–H and O–H groups in total. The predicted octanol–water partition coefficient (Wildman–Crippen LogP) is 3.73. The van der Waals surface area contributed by atoms with Gasteiger partial charge >= 0.3 is 0 Å². The third-order valence-electron chi connectivity index (χ3n) is 6.80. The van der Waals surface area contributed by atoms with E-state index < -0.39 is 5.92 Å². The van der Waals surface area contributed by atoms with Crippen molar-refractivity contribution in [3.05, 3.63) is 76.8 Å². The van der Waals surface area contributed by atoms with Crippen molar-refractivity contribution < 1.29 is 14.2 Å². The number of likely N-dealkylation sites (N-methyl/N-ethyl adjacent to an activating group) is 1. The van der Waals surface area contributed by atoms with Gasteiger partial charge in [0.1, 0.15) is 11.6 Å². The van der Waals surface area contributed by atoms with Crippen LogP contribution in [-0.4, -0.2) is 73.4 Å². The first-order chi connectivity index (χ1) is 18.0. The maximum atomic E-state index is 10.4. The van der Waals surface area contributed by atoms with E-state index in [0.29, 0.717) is 23.0 Å². The summed E-state index contributed by atoms with van der Waals surface area (Å²) in [6.07, 6.45) is 1.78. The van der Waals surface area contributed by atoms with Crippen LogP contribution in [0.5, 0.6) is 17.4 Å². The second-order valence-electron chi connectivity index (χ2n) is 9.12. The van der Waals surface area contributed by atoms with Gasteiger partial charge in [0, 0.05) is 26.2 Å². The fourth-order valence-electron chi connectivity index (χ4n) is 4.75. The molecule has 1 atom stereocenters. The quantitative estimate of drug-likeness (QED) is 0.378. The van der Waals surface area contributed by atoms with Gasteiger partial charge in [-0.2, -0.15) is 10.4 Å². The Kier molecular flexibility index (Phi) is 6.84. The van der Waals surface area contributed by atoms with E-state index in [4.69, 9.17) is 24.3 Å². The first-order valence-corrected chi connectivity index (χ1v) is 12.2. The van der Waals surface area contributed by atoms with E-state index in [9.17, 15) is 5.26 Å². The van der Waals surface area contributed by atoms with Crippen LogP contribution in [0, 0.1) is 18.3 Å². The molecule has 3 aromatic rings. The summed E-state index contributed by atoms with van der Waals surface area (Å²) in [5.41, 5.74) is 3.74. The maximum Gasteiger partial charge on any atom is 0.237 e. The van der Waals surface area contributed by atoms with Gasteiger partial charge in [0.25, 0.3) is 0 Å². The van der Waals surface area contributed by atoms with Gasteiger partial charge in [0.05, 0.1) is 43.4 Å². The zero-order valence-electron chi connectivity index (χ0n) is 21.5. The first-order valence-electron chi connectivity index (χ1n) is 12.2. The third-order valence-corrected chi connectivity index (χ3v) is 6.80. The first kappa shape index (κ1) is 24.4. The summed E-state index contributed by atoms with van der Waals surface area (Å²) in [5, 5.41) is 15.2. The van der Waals surface area contributed by atoms with Gasteiger partial charge in [0.15, 0.2) is 11.5 Å². The average Bonchev–Trinajstić information content (AvgIpc) is 3.27. The number of fused-ring (bicyclic) bond motifs is 1. The van der Waals surface area contributed by atoms with Crippen molar-refractivity contribution in [2.75, 3.05) is 47.4 Å². The van der Waals surface area contributed by atoms with E-state index in [1.165, 1.54) is 0 Å². The minimum Gasteiger partial charge on any atom is -0.493 e. The summed E-state index contributed by atoms with van der Waals surface area (Å²) >= 11 is 0. The fraction of sp³-hybridized carbons (Fsp3) is 0.321. The number of hydrogen-bond acceptors (Lipinski definition) is 7. The molecule has 190 valence electrons. The van der Waals surface area contributed by atoms with Crippen molar-refractivity contribution in [2.24, 2.45) is 4.99 Å². The Balaban J connectivity index is 1.66. The molecular weight excluding hydrogens is 468 g/mol. The lowest BCUT2D eigenvalue weighted by atomic mass is 9.84. The Morgan fingerprint density at radius 1 is 1.05 bits per heavy atom. The van der Waals surface area contributed by atoms with Gasteiger partial charge in [-0.05, 0) is 43.8 Å². The van der Waals surface area contributed by atoms with E-state index in [2.05, 4.69) is 22.9 Å². The summed E-state index contributed by atoms with van der Waals surface area (Å²) in [7, 11) is 5.31. The summed E-state index contributed by atoms with van der Waals surface area (Å²) in [5.74, 6) is 1.58. The maximum absolute atomic E-state index is 10.4. The van der Waals surface area contributed by atoms with Crippen molar-refractivity contribution in [2.45, 2.75) is 12.8 Å². The molecule has 0 saturated carbocycles. The normalized spacial score (nSPS) is 17.9. The number of aliphatic imine (C=N–C) groups is 1. The van der Waals surface area contributed by atoms with E-state index in [-0.39, 0.29) is 5.88 Å². The van der Waals surface area contributed by atoms with E-state index >= 15 is 0 Å².